The summed E-state index contributed by atoms with van der Waals surface area (Å²) < 4.78 is 63.3. The van der Waals surface area contributed by atoms with Crippen LogP contribution in [0.2, 0.25) is 0 Å². The van der Waals surface area contributed by atoms with Gasteiger partial charge in [0.25, 0.3) is 11.8 Å². The summed E-state index contributed by atoms with van der Waals surface area (Å²) in [5, 5.41) is 2.30. The Hall–Kier alpha value is -4.15. The maximum Gasteiger partial charge on any atom is 0.275 e. The summed E-state index contributed by atoms with van der Waals surface area (Å²) in [4.78, 5) is 41.7. The van der Waals surface area contributed by atoms with E-state index in [9.17, 15) is 31.9 Å². The Bertz CT molecular complexity index is 1520. The van der Waals surface area contributed by atoms with Crippen LogP contribution < -0.4 is 15.5 Å². The van der Waals surface area contributed by atoms with Crippen LogP contribution >= 0.6 is 0 Å². The smallest absolute Gasteiger partial charge is 0.275 e. The third-order valence-electron chi connectivity index (χ3n) is 7.81. The first-order chi connectivity index (χ1) is 18.7. The van der Waals surface area contributed by atoms with Crippen molar-refractivity contribution in [2.75, 3.05) is 0 Å². The van der Waals surface area contributed by atoms with E-state index in [-0.39, 0.29) is 36.6 Å². The van der Waals surface area contributed by atoms with Crippen molar-refractivity contribution < 1.29 is 31.9 Å². The Morgan fingerprint density at radius 1 is 1.03 bits per heavy atom. The zero-order valence-corrected chi connectivity index (χ0v) is 20.5. The predicted octanol–water partition coefficient (Wildman–Crippen LogP) is 3.73. The molecule has 39 heavy (non-hydrogen) atoms. The third kappa shape index (κ3) is 4.25. The molecule has 0 spiro atoms. The van der Waals surface area contributed by atoms with Gasteiger partial charge in [0.1, 0.15) is 35.8 Å². The molecule has 4 atom stereocenters. The molecule has 1 aromatic heterocycles. The van der Waals surface area contributed by atoms with Gasteiger partial charge in [-0.25, -0.2) is 17.6 Å². The molecular formula is C28H23F4N3O4. The Kier molecular flexibility index (Phi) is 6.16. The number of carbonyl (C=O) groups excluding carboxylic acids is 2. The topological polar surface area (TPSA) is 80.6 Å². The lowest BCUT2D eigenvalue weighted by molar-refractivity contribution is 0.0313. The first-order valence-electron chi connectivity index (χ1n) is 12.6. The second kappa shape index (κ2) is 9.55. The molecule has 1 saturated carbocycles. The highest BCUT2D eigenvalue weighted by Gasteiger charge is 2.56. The summed E-state index contributed by atoms with van der Waals surface area (Å²) in [6.07, 6.45) is 0.959. The van der Waals surface area contributed by atoms with E-state index in [2.05, 4.69) is 5.32 Å². The molecule has 1 aliphatic carbocycles. The van der Waals surface area contributed by atoms with Crippen LogP contribution in [0.4, 0.5) is 17.6 Å². The molecule has 2 fully saturated rings. The van der Waals surface area contributed by atoms with Crippen molar-refractivity contribution in [1.82, 2.24) is 14.8 Å². The average Bonchev–Trinajstić information content (AvgIpc) is 3.45. The van der Waals surface area contributed by atoms with E-state index in [1.165, 1.54) is 15.7 Å². The molecule has 1 N–H and O–H groups in total. The third-order valence-corrected chi connectivity index (χ3v) is 7.81. The molecule has 0 radical (unpaired) electrons. The summed E-state index contributed by atoms with van der Waals surface area (Å²) >= 11 is 0. The van der Waals surface area contributed by atoms with Gasteiger partial charge in [0.2, 0.25) is 5.43 Å². The lowest BCUT2D eigenvalue weighted by Crippen LogP contribution is -2.55. The normalized spacial score (nSPS) is 23.0. The van der Waals surface area contributed by atoms with Crippen LogP contribution in [0.1, 0.15) is 44.8 Å². The van der Waals surface area contributed by atoms with Crippen molar-refractivity contribution in [2.45, 2.75) is 50.8 Å². The summed E-state index contributed by atoms with van der Waals surface area (Å²) in [6.45, 7) is -0.484. The fraction of sp³-hybridized carbons (Fsp3) is 0.321. The second-order valence-electron chi connectivity index (χ2n) is 10.1. The van der Waals surface area contributed by atoms with E-state index in [1.807, 2.05) is 0 Å². The average molecular weight is 542 g/mol. The number of amides is 2. The summed E-state index contributed by atoms with van der Waals surface area (Å²) in [5.41, 5.74) is -1.21. The molecular weight excluding hydrogens is 518 g/mol. The highest BCUT2D eigenvalue weighted by Crippen LogP contribution is 2.47. The highest BCUT2D eigenvalue weighted by molar-refractivity contribution is 5.99. The van der Waals surface area contributed by atoms with Crippen LogP contribution in [-0.4, -0.2) is 39.5 Å². The first-order valence-corrected chi connectivity index (χ1v) is 12.6. The van der Waals surface area contributed by atoms with Crippen molar-refractivity contribution in [3.8, 4) is 5.75 Å². The number of halogens is 4. The minimum atomic E-state index is -1.19. The molecule has 2 amide bonds. The number of hydrogen-bond donors (Lipinski definition) is 1. The van der Waals surface area contributed by atoms with Crippen LogP contribution in [0.5, 0.6) is 5.75 Å². The molecule has 7 nitrogen and oxygen atoms in total. The van der Waals surface area contributed by atoms with Gasteiger partial charge in [-0.05, 0) is 24.3 Å². The van der Waals surface area contributed by atoms with Gasteiger partial charge in [0, 0.05) is 37.0 Å². The molecule has 202 valence electrons. The Morgan fingerprint density at radius 3 is 2.46 bits per heavy atom. The van der Waals surface area contributed by atoms with Gasteiger partial charge in [-0.1, -0.05) is 30.3 Å². The lowest BCUT2D eigenvalue weighted by Gasteiger charge is -2.41. The number of ether oxygens (including phenoxy) is 1. The fourth-order valence-corrected chi connectivity index (χ4v) is 5.97. The number of aromatic nitrogens is 1. The van der Waals surface area contributed by atoms with Crippen LogP contribution in [0.25, 0.3) is 0 Å². The molecule has 2 aliphatic heterocycles. The van der Waals surface area contributed by atoms with Crippen LogP contribution in [0.3, 0.4) is 0 Å². The first kappa shape index (κ1) is 25.1. The maximum atomic E-state index is 14.5. The van der Waals surface area contributed by atoms with Crippen molar-refractivity contribution in [3.05, 3.63) is 98.7 Å². The Labute approximate surface area is 220 Å². The van der Waals surface area contributed by atoms with E-state index < -0.39 is 64.6 Å². The van der Waals surface area contributed by atoms with Gasteiger partial charge < -0.3 is 19.5 Å². The van der Waals surface area contributed by atoms with Crippen molar-refractivity contribution >= 4 is 11.8 Å². The molecule has 2 bridgehead atoms. The molecule has 3 aromatic rings. The number of fused-ring (bicyclic) bond motifs is 6. The van der Waals surface area contributed by atoms with Crippen molar-refractivity contribution in [1.29, 1.82) is 0 Å². The standard InChI is InChI=1S/C28H23F4N3O4/c29-16-8-19(30)17(20(31)9-16)10-33-27(37)18-11-34-12-23-15-6-21(32)22(7-15)35(23)28(38)24(34)26(25(18)36)39-13-14-4-2-1-3-5-14/h1-5,8-9,11,15,21-23H,6-7,10,12-13H2,(H,33,37)/t15?,21-,22?,23+/m0/s1. The molecule has 1 saturated heterocycles. The maximum absolute atomic E-state index is 14.5. The van der Waals surface area contributed by atoms with Crippen molar-refractivity contribution in [2.24, 2.45) is 5.92 Å². The predicted molar refractivity (Wildman–Crippen MR) is 130 cm³/mol. The summed E-state index contributed by atoms with van der Waals surface area (Å²) in [6, 6.07) is 9.00. The number of benzene rings is 2. The van der Waals surface area contributed by atoms with E-state index in [0.717, 1.165) is 0 Å². The Morgan fingerprint density at radius 2 is 1.74 bits per heavy atom. The number of pyridine rings is 1. The minimum absolute atomic E-state index is 0.0445. The zero-order valence-electron chi connectivity index (χ0n) is 20.5. The van der Waals surface area contributed by atoms with E-state index in [4.69, 9.17) is 4.74 Å². The number of rotatable bonds is 6. The molecule has 2 unspecified atom stereocenters. The monoisotopic (exact) mass is 541 g/mol. The van der Waals surface area contributed by atoms with Gasteiger partial charge in [0.05, 0.1) is 12.1 Å². The van der Waals surface area contributed by atoms with Crippen LogP contribution in [-0.2, 0) is 19.7 Å². The molecule has 2 aromatic carbocycles. The quantitative estimate of drug-likeness (QED) is 0.483. The zero-order chi connectivity index (χ0) is 27.4. The molecule has 6 rings (SSSR count). The van der Waals surface area contributed by atoms with Gasteiger partial charge in [-0.2, -0.15) is 0 Å². The number of alkyl halides is 1. The summed E-state index contributed by atoms with van der Waals surface area (Å²) in [7, 11) is 0. The molecule has 11 heteroatoms. The lowest BCUT2D eigenvalue weighted by atomic mass is 9.95. The van der Waals surface area contributed by atoms with Crippen LogP contribution in [0.15, 0.2) is 53.5 Å². The molecule has 3 heterocycles. The fourth-order valence-electron chi connectivity index (χ4n) is 5.97. The van der Waals surface area contributed by atoms with Gasteiger partial charge in [-0.3, -0.25) is 14.4 Å². The van der Waals surface area contributed by atoms with Gasteiger partial charge in [-0.15, -0.1) is 0 Å². The van der Waals surface area contributed by atoms with E-state index in [1.54, 1.807) is 30.3 Å². The van der Waals surface area contributed by atoms with Gasteiger partial charge >= 0.3 is 0 Å². The second-order valence-corrected chi connectivity index (χ2v) is 10.1. The minimum Gasteiger partial charge on any atom is -0.483 e. The largest absolute Gasteiger partial charge is 0.483 e. The Balaban J connectivity index is 1.36. The molecule has 3 aliphatic rings. The van der Waals surface area contributed by atoms with Crippen LogP contribution in [0, 0.1) is 23.4 Å². The highest BCUT2D eigenvalue weighted by atomic mass is 19.1. The number of carbonyl (C=O) groups is 2. The SMILES string of the molecule is O=C(NCc1c(F)cc(F)cc1F)c1cn2c(c(OCc3ccccc3)c1=O)C(=O)N1C3CC(C[C@@H]3F)[C@H]1C2. The number of hydrogen-bond acceptors (Lipinski definition) is 4. The van der Waals surface area contributed by atoms with Gasteiger partial charge in [0.15, 0.2) is 11.4 Å². The van der Waals surface area contributed by atoms with Crippen molar-refractivity contribution in [3.63, 3.8) is 0 Å². The number of nitrogens with one attached hydrogen (secondary N) is 1. The van der Waals surface area contributed by atoms with E-state index >= 15 is 0 Å². The number of piperidine rings is 1. The van der Waals surface area contributed by atoms with E-state index in [0.29, 0.717) is 30.5 Å². The number of nitrogens with zero attached hydrogens (tertiary/aromatic N) is 2. The summed E-state index contributed by atoms with van der Waals surface area (Å²) in [5.74, 6) is -5.36.